The maximum absolute atomic E-state index is 11.9. The average molecular weight is 374 g/mol. The zero-order valence-electron chi connectivity index (χ0n) is 14.0. The number of carbonyl (C=O) groups is 2. The molecule has 0 atom stereocenters. The van der Waals surface area contributed by atoms with E-state index in [2.05, 4.69) is 5.32 Å². The summed E-state index contributed by atoms with van der Waals surface area (Å²) in [6.45, 7) is 1.61. The lowest BCUT2D eigenvalue weighted by molar-refractivity contribution is -0.142. The van der Waals surface area contributed by atoms with Gasteiger partial charge in [0, 0.05) is 11.8 Å². The first-order valence-electron chi connectivity index (χ1n) is 7.82. The molecule has 0 saturated heterocycles. The molecule has 0 saturated carbocycles. The second-order valence-electron chi connectivity index (χ2n) is 5.54. The van der Waals surface area contributed by atoms with E-state index < -0.39 is 11.9 Å². The molecule has 7 heteroatoms. The summed E-state index contributed by atoms with van der Waals surface area (Å²) in [6.07, 6.45) is 2.74. The number of hydrogen-bond acceptors (Lipinski definition) is 5. The predicted molar refractivity (Wildman–Crippen MR) is 97.4 cm³/mol. The Hall–Kier alpha value is -2.99. The van der Waals surface area contributed by atoms with Gasteiger partial charge in [0.15, 0.2) is 18.1 Å². The van der Waals surface area contributed by atoms with Crippen LogP contribution in [-0.4, -0.2) is 25.3 Å². The second-order valence-corrected chi connectivity index (χ2v) is 5.95. The van der Waals surface area contributed by atoms with Gasteiger partial charge in [0.05, 0.1) is 5.02 Å². The van der Waals surface area contributed by atoms with Gasteiger partial charge >= 0.3 is 5.97 Å². The number of ether oxygens (including phenoxy) is 3. The van der Waals surface area contributed by atoms with Crippen LogP contribution in [0, 0.1) is 6.92 Å². The van der Waals surface area contributed by atoms with Crippen LogP contribution < -0.4 is 14.8 Å². The van der Waals surface area contributed by atoms with Gasteiger partial charge in [-0.25, -0.2) is 4.79 Å². The highest BCUT2D eigenvalue weighted by atomic mass is 35.5. The molecular weight excluding hydrogens is 358 g/mol. The summed E-state index contributed by atoms with van der Waals surface area (Å²) in [6, 6.07) is 10.7. The number of halogens is 1. The number of carbonyl (C=O) groups excluding carboxylic acids is 2. The number of anilines is 1. The molecule has 0 aliphatic carbocycles. The Kier molecular flexibility index (Phi) is 5.43. The van der Waals surface area contributed by atoms with Crippen LogP contribution in [-0.2, 0) is 14.3 Å². The number of hydrogen-bond donors (Lipinski definition) is 1. The van der Waals surface area contributed by atoms with Crippen LogP contribution in [0.1, 0.15) is 11.1 Å². The molecule has 0 aromatic heterocycles. The van der Waals surface area contributed by atoms with Crippen molar-refractivity contribution in [2.45, 2.75) is 6.92 Å². The van der Waals surface area contributed by atoms with Crippen molar-refractivity contribution in [3.05, 3.63) is 58.6 Å². The Balaban J connectivity index is 1.53. The number of para-hydroxylation sites is 1. The van der Waals surface area contributed by atoms with Gasteiger partial charge in [0.1, 0.15) is 0 Å². The smallest absolute Gasteiger partial charge is 0.331 e. The van der Waals surface area contributed by atoms with Crippen molar-refractivity contribution < 1.29 is 23.8 Å². The highest BCUT2D eigenvalue weighted by molar-refractivity contribution is 6.32. The van der Waals surface area contributed by atoms with Crippen molar-refractivity contribution in [3.8, 4) is 11.5 Å². The van der Waals surface area contributed by atoms with Gasteiger partial charge < -0.3 is 19.5 Å². The Morgan fingerprint density at radius 3 is 2.88 bits per heavy atom. The zero-order valence-corrected chi connectivity index (χ0v) is 14.7. The van der Waals surface area contributed by atoms with Crippen LogP contribution in [0.25, 0.3) is 6.08 Å². The number of fused-ring (bicyclic) bond motifs is 1. The largest absolute Gasteiger partial charge is 0.454 e. The molecule has 6 nitrogen and oxygen atoms in total. The first-order chi connectivity index (χ1) is 12.5. The first-order valence-corrected chi connectivity index (χ1v) is 8.20. The van der Waals surface area contributed by atoms with Crippen LogP contribution in [0.15, 0.2) is 42.5 Å². The van der Waals surface area contributed by atoms with E-state index in [0.717, 1.165) is 5.56 Å². The highest BCUT2D eigenvalue weighted by Crippen LogP contribution is 2.40. The molecule has 1 aliphatic heterocycles. The third kappa shape index (κ3) is 4.34. The Morgan fingerprint density at radius 1 is 1.27 bits per heavy atom. The molecule has 0 radical (unpaired) electrons. The molecule has 26 heavy (non-hydrogen) atoms. The lowest BCUT2D eigenvalue weighted by atomic mass is 10.2. The van der Waals surface area contributed by atoms with Gasteiger partial charge in [-0.2, -0.15) is 0 Å². The van der Waals surface area contributed by atoms with Crippen molar-refractivity contribution in [2.24, 2.45) is 0 Å². The van der Waals surface area contributed by atoms with E-state index in [0.29, 0.717) is 27.8 Å². The van der Waals surface area contributed by atoms with E-state index >= 15 is 0 Å². The van der Waals surface area contributed by atoms with Crippen molar-refractivity contribution in [1.82, 2.24) is 0 Å². The number of nitrogens with one attached hydrogen (secondary N) is 1. The van der Waals surface area contributed by atoms with E-state index in [1.54, 1.807) is 18.2 Å². The standard InChI is InChI=1S/C19H16ClNO5/c1-12-4-2-3-5-15(12)21-17(22)10-24-18(23)7-6-13-8-14(20)19-16(9-13)25-11-26-19/h2-9H,10-11H2,1H3,(H,21,22)/b7-6+. The fourth-order valence-corrected chi connectivity index (χ4v) is 2.61. The summed E-state index contributed by atoms with van der Waals surface area (Å²) in [4.78, 5) is 23.6. The van der Waals surface area contributed by atoms with Crippen LogP contribution in [0.2, 0.25) is 5.02 Å². The monoisotopic (exact) mass is 373 g/mol. The lowest BCUT2D eigenvalue weighted by Crippen LogP contribution is -2.20. The zero-order chi connectivity index (χ0) is 18.5. The molecule has 0 fully saturated rings. The summed E-state index contributed by atoms with van der Waals surface area (Å²) in [5, 5.41) is 3.08. The van der Waals surface area contributed by atoms with E-state index in [1.807, 2.05) is 25.1 Å². The maximum atomic E-state index is 11.9. The van der Waals surface area contributed by atoms with Gasteiger partial charge in [0.25, 0.3) is 5.91 Å². The SMILES string of the molecule is Cc1ccccc1NC(=O)COC(=O)/C=C/c1cc(Cl)c2c(c1)OCO2. The molecule has 3 rings (SSSR count). The van der Waals surface area contributed by atoms with Crippen LogP contribution in [0.4, 0.5) is 5.69 Å². The second kappa shape index (κ2) is 7.93. The van der Waals surface area contributed by atoms with Crippen LogP contribution >= 0.6 is 11.6 Å². The van der Waals surface area contributed by atoms with Crippen LogP contribution in [0.3, 0.4) is 0 Å². The molecule has 2 aromatic rings. The Morgan fingerprint density at radius 2 is 2.08 bits per heavy atom. The molecule has 1 aliphatic rings. The fourth-order valence-electron chi connectivity index (χ4n) is 2.33. The van der Waals surface area contributed by atoms with Gasteiger partial charge in [-0.3, -0.25) is 4.79 Å². The molecule has 0 bridgehead atoms. The summed E-state index contributed by atoms with van der Waals surface area (Å²) in [7, 11) is 0. The van der Waals surface area contributed by atoms with Crippen molar-refractivity contribution in [2.75, 3.05) is 18.7 Å². The lowest BCUT2D eigenvalue weighted by Gasteiger charge is -2.07. The normalized spacial score (nSPS) is 12.2. The van der Waals surface area contributed by atoms with Crippen molar-refractivity contribution in [3.63, 3.8) is 0 Å². The minimum Gasteiger partial charge on any atom is -0.454 e. The molecule has 1 N–H and O–H groups in total. The fraction of sp³-hybridized carbons (Fsp3) is 0.158. The Labute approximate surface area is 155 Å². The molecule has 1 heterocycles. The molecule has 2 aromatic carbocycles. The summed E-state index contributed by atoms with van der Waals surface area (Å²) in [5.41, 5.74) is 2.26. The number of benzene rings is 2. The summed E-state index contributed by atoms with van der Waals surface area (Å²) in [5.74, 6) is -0.0479. The highest BCUT2D eigenvalue weighted by Gasteiger charge is 2.17. The molecule has 0 unspecified atom stereocenters. The molecule has 134 valence electrons. The number of amides is 1. The number of rotatable bonds is 5. The van der Waals surface area contributed by atoms with Crippen molar-refractivity contribution >= 4 is 35.2 Å². The maximum Gasteiger partial charge on any atom is 0.331 e. The van der Waals surface area contributed by atoms with E-state index in [4.69, 9.17) is 25.8 Å². The van der Waals surface area contributed by atoms with Crippen molar-refractivity contribution in [1.29, 1.82) is 0 Å². The number of esters is 1. The van der Waals surface area contributed by atoms with E-state index in [-0.39, 0.29) is 13.4 Å². The van der Waals surface area contributed by atoms with Gasteiger partial charge in [-0.05, 0) is 42.3 Å². The third-order valence-corrected chi connectivity index (χ3v) is 3.91. The van der Waals surface area contributed by atoms with Crippen LogP contribution in [0.5, 0.6) is 11.5 Å². The predicted octanol–water partition coefficient (Wildman–Crippen LogP) is 3.57. The first kappa shape index (κ1) is 17.8. The van der Waals surface area contributed by atoms with Gasteiger partial charge in [-0.15, -0.1) is 0 Å². The van der Waals surface area contributed by atoms with Gasteiger partial charge in [0.2, 0.25) is 6.79 Å². The summed E-state index contributed by atoms with van der Waals surface area (Å²) < 4.78 is 15.4. The third-order valence-electron chi connectivity index (χ3n) is 3.63. The molecular formula is C19H16ClNO5. The van der Waals surface area contributed by atoms with Gasteiger partial charge in [-0.1, -0.05) is 29.8 Å². The minimum absolute atomic E-state index is 0.111. The molecule has 0 spiro atoms. The molecule has 1 amide bonds. The summed E-state index contributed by atoms with van der Waals surface area (Å²) >= 11 is 6.07. The topological polar surface area (TPSA) is 73.9 Å². The van der Waals surface area contributed by atoms with E-state index in [1.165, 1.54) is 12.2 Å². The quantitative estimate of drug-likeness (QED) is 0.640. The van der Waals surface area contributed by atoms with E-state index in [9.17, 15) is 9.59 Å². The minimum atomic E-state index is -0.640. The number of aryl methyl sites for hydroxylation is 1. The average Bonchev–Trinajstić information content (AvgIpc) is 3.09. The Bertz CT molecular complexity index is 878.